The number of amides is 3. The van der Waals surface area contributed by atoms with Crippen molar-refractivity contribution in [3.63, 3.8) is 0 Å². The summed E-state index contributed by atoms with van der Waals surface area (Å²) in [7, 11) is 0. The van der Waals surface area contributed by atoms with Crippen molar-refractivity contribution in [2.75, 3.05) is 37.6 Å². The molecule has 0 aromatic heterocycles. The van der Waals surface area contributed by atoms with Gasteiger partial charge in [0.2, 0.25) is 5.91 Å². The van der Waals surface area contributed by atoms with Crippen LogP contribution in [0.4, 0.5) is 10.5 Å². The highest BCUT2D eigenvalue weighted by Gasteiger charge is 2.37. The molecule has 0 N–H and O–H groups in total. The number of thioether (sulfide) groups is 1. The standard InChI is InChI=1S/C27H29Cl2N3O4S/c1-3-30(4-2)21-10-8-18(23(15-21)36-17-19-7-9-20(28)14-22(19)29)13-24-26(34)32(27(35)37-24)16-25(33)31-11-5-6-12-31/h7-10,13-15H,3-6,11-12,16-17H2,1-2H3/b24-13+. The maximum atomic E-state index is 13.1. The summed E-state index contributed by atoms with van der Waals surface area (Å²) in [4.78, 5) is 43.4. The van der Waals surface area contributed by atoms with Crippen LogP contribution in [0, 0.1) is 0 Å². The van der Waals surface area contributed by atoms with Gasteiger partial charge in [-0.15, -0.1) is 0 Å². The van der Waals surface area contributed by atoms with Crippen molar-refractivity contribution in [3.8, 4) is 5.75 Å². The third-order valence-corrected chi connectivity index (χ3v) is 7.93. The minimum atomic E-state index is -0.470. The first-order valence-electron chi connectivity index (χ1n) is 12.3. The van der Waals surface area contributed by atoms with Crippen molar-refractivity contribution in [3.05, 3.63) is 62.5 Å². The lowest BCUT2D eigenvalue weighted by Gasteiger charge is -2.22. The number of carbonyl (C=O) groups excluding carboxylic acids is 3. The summed E-state index contributed by atoms with van der Waals surface area (Å²) in [6, 6.07) is 11.0. The van der Waals surface area contributed by atoms with Crippen molar-refractivity contribution in [2.45, 2.75) is 33.3 Å². The van der Waals surface area contributed by atoms with E-state index in [2.05, 4.69) is 18.7 Å². The van der Waals surface area contributed by atoms with Crippen LogP contribution in [0.1, 0.15) is 37.8 Å². The number of nitrogens with zero attached hydrogens (tertiary/aromatic N) is 3. The zero-order valence-electron chi connectivity index (χ0n) is 20.8. The van der Waals surface area contributed by atoms with Gasteiger partial charge in [-0.2, -0.15) is 0 Å². The van der Waals surface area contributed by atoms with Gasteiger partial charge in [-0.05, 0) is 68.8 Å². The zero-order chi connectivity index (χ0) is 26.5. The lowest BCUT2D eigenvalue weighted by Crippen LogP contribution is -2.40. The number of imide groups is 1. The van der Waals surface area contributed by atoms with Crippen LogP contribution in [0.15, 0.2) is 41.3 Å². The fraction of sp³-hybridized carbons (Fsp3) is 0.370. The van der Waals surface area contributed by atoms with Gasteiger partial charge in [0.25, 0.3) is 11.1 Å². The fourth-order valence-corrected chi connectivity index (χ4v) is 5.62. The van der Waals surface area contributed by atoms with Gasteiger partial charge in [-0.1, -0.05) is 29.3 Å². The first-order valence-corrected chi connectivity index (χ1v) is 13.9. The molecule has 2 aliphatic rings. The number of hydrogen-bond acceptors (Lipinski definition) is 6. The number of benzene rings is 2. The molecule has 0 aliphatic carbocycles. The maximum absolute atomic E-state index is 13.1. The van der Waals surface area contributed by atoms with Gasteiger partial charge >= 0.3 is 0 Å². The molecule has 2 aromatic carbocycles. The van der Waals surface area contributed by atoms with E-state index in [1.165, 1.54) is 0 Å². The van der Waals surface area contributed by atoms with E-state index in [1.807, 2.05) is 18.2 Å². The molecule has 0 saturated carbocycles. The molecule has 7 nitrogen and oxygen atoms in total. The summed E-state index contributed by atoms with van der Waals surface area (Å²) in [5, 5.41) is 0.591. The monoisotopic (exact) mass is 561 g/mol. The molecule has 10 heteroatoms. The Balaban J connectivity index is 1.59. The quantitative estimate of drug-likeness (QED) is 0.345. The SMILES string of the molecule is CCN(CC)c1ccc(/C=C2/SC(=O)N(CC(=O)N3CCCC3)C2=O)c(OCc2ccc(Cl)cc2Cl)c1. The van der Waals surface area contributed by atoms with E-state index in [1.54, 1.807) is 29.2 Å². The van der Waals surface area contributed by atoms with Crippen LogP contribution in [0.25, 0.3) is 6.08 Å². The average Bonchev–Trinajstić information content (AvgIpc) is 3.50. The van der Waals surface area contributed by atoms with E-state index in [0.29, 0.717) is 34.4 Å². The average molecular weight is 563 g/mol. The highest BCUT2D eigenvalue weighted by molar-refractivity contribution is 8.18. The number of rotatable bonds is 9. The van der Waals surface area contributed by atoms with Crippen LogP contribution in [-0.4, -0.2) is 59.6 Å². The Morgan fingerprint density at radius 3 is 2.49 bits per heavy atom. The van der Waals surface area contributed by atoms with E-state index in [4.69, 9.17) is 27.9 Å². The maximum Gasteiger partial charge on any atom is 0.294 e. The smallest absolute Gasteiger partial charge is 0.294 e. The summed E-state index contributed by atoms with van der Waals surface area (Å²) in [6.45, 7) is 7.09. The molecular formula is C27H29Cl2N3O4S. The van der Waals surface area contributed by atoms with Gasteiger partial charge in [-0.3, -0.25) is 19.3 Å². The summed E-state index contributed by atoms with van der Waals surface area (Å²) < 4.78 is 6.18. The molecule has 2 fully saturated rings. The second kappa shape index (κ2) is 12.2. The molecule has 2 saturated heterocycles. The molecule has 4 rings (SSSR count). The van der Waals surface area contributed by atoms with E-state index in [9.17, 15) is 14.4 Å². The third-order valence-electron chi connectivity index (χ3n) is 6.44. The number of carbonyl (C=O) groups is 3. The van der Waals surface area contributed by atoms with Crippen molar-refractivity contribution in [1.29, 1.82) is 0 Å². The molecule has 37 heavy (non-hydrogen) atoms. The molecule has 0 spiro atoms. The van der Waals surface area contributed by atoms with Gasteiger partial charge in [0.1, 0.15) is 18.9 Å². The van der Waals surface area contributed by atoms with Gasteiger partial charge in [0, 0.05) is 59.1 Å². The highest BCUT2D eigenvalue weighted by Crippen LogP contribution is 2.36. The number of likely N-dealkylation sites (tertiary alicyclic amines) is 1. The van der Waals surface area contributed by atoms with Crippen LogP contribution in [0.3, 0.4) is 0 Å². The molecule has 0 unspecified atom stereocenters. The highest BCUT2D eigenvalue weighted by atomic mass is 35.5. The molecule has 0 atom stereocenters. The van der Waals surface area contributed by atoms with Crippen LogP contribution in [-0.2, 0) is 16.2 Å². The Bertz CT molecular complexity index is 1230. The molecule has 2 aromatic rings. The lowest BCUT2D eigenvalue weighted by molar-refractivity contribution is -0.135. The summed E-state index contributed by atoms with van der Waals surface area (Å²) in [5.41, 5.74) is 2.40. The van der Waals surface area contributed by atoms with Crippen molar-refractivity contribution in [2.24, 2.45) is 0 Å². The van der Waals surface area contributed by atoms with Crippen molar-refractivity contribution in [1.82, 2.24) is 9.80 Å². The van der Waals surface area contributed by atoms with E-state index < -0.39 is 11.1 Å². The third kappa shape index (κ3) is 6.43. The largest absolute Gasteiger partial charge is 0.488 e. The van der Waals surface area contributed by atoms with Crippen molar-refractivity contribution < 1.29 is 19.1 Å². The number of anilines is 1. The second-order valence-electron chi connectivity index (χ2n) is 8.77. The van der Waals surface area contributed by atoms with E-state index in [0.717, 1.165) is 53.8 Å². The van der Waals surface area contributed by atoms with Gasteiger partial charge in [-0.25, -0.2) is 0 Å². The van der Waals surface area contributed by atoms with Gasteiger partial charge < -0.3 is 14.5 Å². The molecule has 0 bridgehead atoms. The Morgan fingerprint density at radius 1 is 1.08 bits per heavy atom. The normalized spacial score (nSPS) is 16.7. The summed E-state index contributed by atoms with van der Waals surface area (Å²) in [5.74, 6) is -0.120. The van der Waals surface area contributed by atoms with Crippen molar-refractivity contribution >= 4 is 63.8 Å². The molecule has 0 radical (unpaired) electrons. The van der Waals surface area contributed by atoms with Crippen LogP contribution in [0.5, 0.6) is 5.75 Å². The topological polar surface area (TPSA) is 70.2 Å². The number of ether oxygens (including phenoxy) is 1. The summed E-state index contributed by atoms with van der Waals surface area (Å²) >= 11 is 13.2. The molecule has 3 amide bonds. The number of halogens is 2. The zero-order valence-corrected chi connectivity index (χ0v) is 23.2. The minimum absolute atomic E-state index is 0.199. The van der Waals surface area contributed by atoms with Crippen LogP contribution >= 0.6 is 35.0 Å². The van der Waals surface area contributed by atoms with Crippen LogP contribution < -0.4 is 9.64 Å². The molecular weight excluding hydrogens is 533 g/mol. The molecule has 2 aliphatic heterocycles. The van der Waals surface area contributed by atoms with Crippen LogP contribution in [0.2, 0.25) is 10.0 Å². The van der Waals surface area contributed by atoms with Gasteiger partial charge in [0.05, 0.1) is 4.91 Å². The first-order chi connectivity index (χ1) is 17.8. The Morgan fingerprint density at radius 2 is 1.81 bits per heavy atom. The fourth-order valence-electron chi connectivity index (χ4n) is 4.33. The predicted molar refractivity (Wildman–Crippen MR) is 149 cm³/mol. The predicted octanol–water partition coefficient (Wildman–Crippen LogP) is 6.08. The van der Waals surface area contributed by atoms with Gasteiger partial charge in [0.15, 0.2) is 0 Å². The first kappa shape index (κ1) is 27.4. The minimum Gasteiger partial charge on any atom is -0.488 e. The van der Waals surface area contributed by atoms with E-state index in [-0.39, 0.29) is 24.0 Å². The molecule has 2 heterocycles. The second-order valence-corrected chi connectivity index (χ2v) is 10.6. The Kier molecular flexibility index (Phi) is 9.05. The number of hydrogen-bond donors (Lipinski definition) is 0. The lowest BCUT2D eigenvalue weighted by atomic mass is 10.1. The Hall–Kier alpha value is -2.68. The van der Waals surface area contributed by atoms with E-state index >= 15 is 0 Å². The molecule has 196 valence electrons. The Labute approximate surface area is 231 Å². The summed E-state index contributed by atoms with van der Waals surface area (Å²) in [6.07, 6.45) is 3.54.